The van der Waals surface area contributed by atoms with Crippen molar-refractivity contribution in [1.29, 1.82) is 0 Å². The number of carboxylic acids is 1. The third-order valence-corrected chi connectivity index (χ3v) is 3.35. The smallest absolute Gasteiger partial charge is 0.358 e. The van der Waals surface area contributed by atoms with Crippen molar-refractivity contribution >= 4 is 35.1 Å². The SMILES string of the molecule is COC(=O)c1nc(-c2ccc(Cl)c(C(=O)O)c2)ccc1Cl. The fourth-order valence-corrected chi connectivity index (χ4v) is 2.07. The number of hydrogen-bond donors (Lipinski definition) is 1. The van der Waals surface area contributed by atoms with Gasteiger partial charge >= 0.3 is 11.9 Å². The Labute approximate surface area is 130 Å². The van der Waals surface area contributed by atoms with Crippen LogP contribution in [0.2, 0.25) is 10.0 Å². The van der Waals surface area contributed by atoms with Crippen LogP contribution in [0.1, 0.15) is 20.8 Å². The van der Waals surface area contributed by atoms with Gasteiger partial charge in [-0.15, -0.1) is 0 Å². The highest BCUT2D eigenvalue weighted by Gasteiger charge is 2.16. The summed E-state index contributed by atoms with van der Waals surface area (Å²) in [6.45, 7) is 0. The number of carbonyl (C=O) groups excluding carboxylic acids is 1. The van der Waals surface area contributed by atoms with Gasteiger partial charge in [-0.3, -0.25) is 0 Å². The van der Waals surface area contributed by atoms with E-state index in [0.29, 0.717) is 11.3 Å². The van der Waals surface area contributed by atoms with E-state index < -0.39 is 11.9 Å². The second-order valence-electron chi connectivity index (χ2n) is 4.02. The maximum atomic E-state index is 11.6. The molecule has 5 nitrogen and oxygen atoms in total. The van der Waals surface area contributed by atoms with Gasteiger partial charge in [-0.25, -0.2) is 14.6 Å². The van der Waals surface area contributed by atoms with Gasteiger partial charge in [0.1, 0.15) is 0 Å². The van der Waals surface area contributed by atoms with E-state index in [0.717, 1.165) is 0 Å². The Morgan fingerprint density at radius 3 is 2.43 bits per heavy atom. The lowest BCUT2D eigenvalue weighted by Gasteiger charge is -2.07. The average molecular weight is 326 g/mol. The van der Waals surface area contributed by atoms with Crippen molar-refractivity contribution in [2.45, 2.75) is 0 Å². The molecular weight excluding hydrogens is 317 g/mol. The number of carboxylic acid groups (broad SMARTS) is 1. The highest BCUT2D eigenvalue weighted by Crippen LogP contribution is 2.26. The highest BCUT2D eigenvalue weighted by molar-refractivity contribution is 6.34. The van der Waals surface area contributed by atoms with Crippen LogP contribution in [0.4, 0.5) is 0 Å². The third-order valence-electron chi connectivity index (χ3n) is 2.72. The number of halogens is 2. The summed E-state index contributed by atoms with van der Waals surface area (Å²) in [5, 5.41) is 9.33. The van der Waals surface area contributed by atoms with Gasteiger partial charge in [-0.2, -0.15) is 0 Å². The molecule has 1 N–H and O–H groups in total. The van der Waals surface area contributed by atoms with Gasteiger partial charge in [0.05, 0.1) is 28.4 Å². The topological polar surface area (TPSA) is 76.5 Å². The first-order chi connectivity index (χ1) is 9.93. The van der Waals surface area contributed by atoms with Gasteiger partial charge in [0, 0.05) is 5.56 Å². The Kier molecular flexibility index (Phi) is 4.45. The average Bonchev–Trinajstić information content (AvgIpc) is 2.47. The van der Waals surface area contributed by atoms with Gasteiger partial charge < -0.3 is 9.84 Å². The summed E-state index contributed by atoms with van der Waals surface area (Å²) in [5.41, 5.74) is 0.798. The molecule has 0 saturated heterocycles. The van der Waals surface area contributed by atoms with Crippen molar-refractivity contribution in [2.75, 3.05) is 7.11 Å². The Bertz CT molecular complexity index is 731. The first-order valence-corrected chi connectivity index (χ1v) is 6.47. The lowest BCUT2D eigenvalue weighted by molar-refractivity contribution is 0.0593. The Balaban J connectivity index is 2.55. The van der Waals surface area contributed by atoms with Crippen LogP contribution in [0, 0.1) is 0 Å². The van der Waals surface area contributed by atoms with E-state index in [1.165, 1.54) is 25.3 Å². The summed E-state index contributed by atoms with van der Waals surface area (Å²) < 4.78 is 4.59. The molecular formula is C14H9Cl2NO4. The minimum atomic E-state index is -1.15. The molecule has 0 saturated carbocycles. The summed E-state index contributed by atoms with van der Waals surface area (Å²) in [7, 11) is 1.22. The van der Waals surface area contributed by atoms with Crippen LogP contribution in [0.15, 0.2) is 30.3 Å². The second kappa shape index (κ2) is 6.11. The van der Waals surface area contributed by atoms with Crippen molar-refractivity contribution in [3.05, 3.63) is 51.6 Å². The van der Waals surface area contributed by atoms with Crippen LogP contribution in [0.5, 0.6) is 0 Å². The van der Waals surface area contributed by atoms with Gasteiger partial charge in [-0.05, 0) is 24.3 Å². The van der Waals surface area contributed by atoms with Crippen LogP contribution in [-0.4, -0.2) is 29.1 Å². The molecule has 0 amide bonds. The molecule has 108 valence electrons. The predicted octanol–water partition coefficient (Wildman–Crippen LogP) is 3.54. The van der Waals surface area contributed by atoms with E-state index in [-0.39, 0.29) is 21.3 Å². The number of aromatic carboxylic acids is 1. The maximum Gasteiger partial charge on any atom is 0.358 e. The molecule has 0 bridgehead atoms. The molecule has 1 aromatic carbocycles. The minimum Gasteiger partial charge on any atom is -0.478 e. The number of aromatic nitrogens is 1. The quantitative estimate of drug-likeness (QED) is 0.873. The monoisotopic (exact) mass is 325 g/mol. The summed E-state index contributed by atoms with van der Waals surface area (Å²) >= 11 is 11.7. The first kappa shape index (κ1) is 15.3. The molecule has 0 atom stereocenters. The molecule has 2 rings (SSSR count). The lowest BCUT2D eigenvalue weighted by Crippen LogP contribution is -2.06. The molecule has 0 aliphatic rings. The molecule has 21 heavy (non-hydrogen) atoms. The van der Waals surface area contributed by atoms with E-state index in [1.54, 1.807) is 12.1 Å². The molecule has 0 spiro atoms. The normalized spacial score (nSPS) is 10.2. The standard InChI is InChI=1S/C14H9Cl2NO4/c1-21-14(20)12-10(16)4-5-11(17-12)7-2-3-9(15)8(6-7)13(18)19/h2-6H,1H3,(H,18,19). The number of esters is 1. The van der Waals surface area contributed by atoms with E-state index in [9.17, 15) is 9.59 Å². The maximum absolute atomic E-state index is 11.6. The van der Waals surface area contributed by atoms with Crippen molar-refractivity contribution in [1.82, 2.24) is 4.98 Å². The number of rotatable bonds is 3. The molecule has 1 heterocycles. The molecule has 0 aliphatic heterocycles. The fourth-order valence-electron chi connectivity index (χ4n) is 1.69. The lowest BCUT2D eigenvalue weighted by atomic mass is 10.1. The molecule has 1 aromatic heterocycles. The number of hydrogen-bond acceptors (Lipinski definition) is 4. The number of carbonyl (C=O) groups is 2. The largest absolute Gasteiger partial charge is 0.478 e. The van der Waals surface area contributed by atoms with Crippen molar-refractivity contribution < 1.29 is 19.4 Å². The predicted molar refractivity (Wildman–Crippen MR) is 78.0 cm³/mol. The Morgan fingerprint density at radius 2 is 1.81 bits per heavy atom. The van der Waals surface area contributed by atoms with Crippen molar-refractivity contribution in [3.63, 3.8) is 0 Å². The highest BCUT2D eigenvalue weighted by atomic mass is 35.5. The first-order valence-electron chi connectivity index (χ1n) is 5.72. The molecule has 7 heteroatoms. The fraction of sp³-hybridized carbons (Fsp3) is 0.0714. The number of pyridine rings is 1. The molecule has 0 fully saturated rings. The molecule has 0 unspecified atom stereocenters. The zero-order chi connectivity index (χ0) is 15.6. The van der Waals surface area contributed by atoms with Crippen LogP contribution in [-0.2, 0) is 4.74 Å². The zero-order valence-electron chi connectivity index (χ0n) is 10.8. The molecule has 0 aliphatic carbocycles. The molecule has 0 radical (unpaired) electrons. The summed E-state index contributed by atoms with van der Waals surface area (Å²) in [6, 6.07) is 7.50. The summed E-state index contributed by atoms with van der Waals surface area (Å²) in [5.74, 6) is -1.82. The summed E-state index contributed by atoms with van der Waals surface area (Å²) in [6.07, 6.45) is 0. The summed E-state index contributed by atoms with van der Waals surface area (Å²) in [4.78, 5) is 26.7. The third kappa shape index (κ3) is 3.15. The minimum absolute atomic E-state index is 0.0384. The van der Waals surface area contributed by atoms with Crippen LogP contribution in [0.3, 0.4) is 0 Å². The van der Waals surface area contributed by atoms with Crippen LogP contribution >= 0.6 is 23.2 Å². The van der Waals surface area contributed by atoms with Crippen LogP contribution in [0.25, 0.3) is 11.3 Å². The van der Waals surface area contributed by atoms with Gasteiger partial charge in [0.15, 0.2) is 5.69 Å². The van der Waals surface area contributed by atoms with Gasteiger partial charge in [0.2, 0.25) is 0 Å². The van der Waals surface area contributed by atoms with Gasteiger partial charge in [-0.1, -0.05) is 29.3 Å². The number of nitrogens with zero attached hydrogens (tertiary/aromatic N) is 1. The Hall–Kier alpha value is -2.11. The zero-order valence-corrected chi connectivity index (χ0v) is 12.3. The number of benzene rings is 1. The second-order valence-corrected chi connectivity index (χ2v) is 4.83. The van der Waals surface area contributed by atoms with E-state index >= 15 is 0 Å². The van der Waals surface area contributed by atoms with Crippen molar-refractivity contribution in [2.24, 2.45) is 0 Å². The van der Waals surface area contributed by atoms with Crippen molar-refractivity contribution in [3.8, 4) is 11.3 Å². The van der Waals surface area contributed by atoms with E-state index in [2.05, 4.69) is 9.72 Å². The molecule has 2 aromatic rings. The van der Waals surface area contributed by atoms with E-state index in [1.807, 2.05) is 0 Å². The van der Waals surface area contributed by atoms with Gasteiger partial charge in [0.25, 0.3) is 0 Å². The van der Waals surface area contributed by atoms with Crippen LogP contribution < -0.4 is 0 Å². The Morgan fingerprint density at radius 1 is 1.14 bits per heavy atom. The number of methoxy groups -OCH3 is 1. The number of ether oxygens (including phenoxy) is 1. The van der Waals surface area contributed by atoms with E-state index in [4.69, 9.17) is 28.3 Å².